The third-order valence-corrected chi connectivity index (χ3v) is 4.80. The normalized spacial score (nSPS) is 29.2. The van der Waals surface area contributed by atoms with Crippen LogP contribution in [0, 0.1) is 5.92 Å². The Morgan fingerprint density at radius 2 is 2.29 bits per heavy atom. The molecule has 2 atom stereocenters. The predicted octanol–water partition coefficient (Wildman–Crippen LogP) is 1.34. The van der Waals surface area contributed by atoms with Crippen LogP contribution >= 0.6 is 0 Å². The molecule has 0 bridgehead atoms. The standard InChI is InChI=1S/C15H24N4O2/c1-21-10-13-17-12(16)8-14(18-13)19-7-6-15(20)5-3-2-4-11(15)9-19/h8,11,20H,2-7,9-10H2,1H3,(H2,16,17,18). The molecule has 1 aromatic heterocycles. The van der Waals surface area contributed by atoms with E-state index in [0.29, 0.717) is 24.2 Å². The van der Waals surface area contributed by atoms with Gasteiger partial charge in [0.15, 0.2) is 5.82 Å². The number of aromatic nitrogens is 2. The molecule has 1 saturated carbocycles. The molecule has 1 saturated heterocycles. The molecule has 2 fully saturated rings. The molecule has 1 aliphatic heterocycles. The van der Waals surface area contributed by atoms with Crippen LogP contribution in [0.4, 0.5) is 11.6 Å². The number of hydrogen-bond acceptors (Lipinski definition) is 6. The molecule has 3 rings (SSSR count). The van der Waals surface area contributed by atoms with Crippen molar-refractivity contribution in [2.45, 2.75) is 44.3 Å². The van der Waals surface area contributed by atoms with Crippen LogP contribution in [-0.2, 0) is 11.3 Å². The Bertz CT molecular complexity index is 510. The Balaban J connectivity index is 1.78. The van der Waals surface area contributed by atoms with Gasteiger partial charge in [-0.3, -0.25) is 0 Å². The first kappa shape index (κ1) is 14.5. The van der Waals surface area contributed by atoms with E-state index in [-0.39, 0.29) is 0 Å². The Morgan fingerprint density at radius 3 is 3.10 bits per heavy atom. The fourth-order valence-electron chi connectivity index (χ4n) is 3.64. The summed E-state index contributed by atoms with van der Waals surface area (Å²) in [5, 5.41) is 10.7. The van der Waals surface area contributed by atoms with E-state index in [1.54, 1.807) is 7.11 Å². The zero-order valence-electron chi connectivity index (χ0n) is 12.6. The van der Waals surface area contributed by atoms with Crippen molar-refractivity contribution in [3.63, 3.8) is 0 Å². The highest BCUT2D eigenvalue weighted by Crippen LogP contribution is 2.40. The summed E-state index contributed by atoms with van der Waals surface area (Å²) in [5.41, 5.74) is 5.40. The number of methoxy groups -OCH3 is 1. The van der Waals surface area contributed by atoms with Gasteiger partial charge in [0.1, 0.15) is 18.2 Å². The molecule has 21 heavy (non-hydrogen) atoms. The summed E-state index contributed by atoms with van der Waals surface area (Å²) in [5.74, 6) is 2.26. The lowest BCUT2D eigenvalue weighted by atomic mass is 9.71. The monoisotopic (exact) mass is 292 g/mol. The molecular formula is C15H24N4O2. The van der Waals surface area contributed by atoms with E-state index in [0.717, 1.165) is 44.6 Å². The molecule has 2 unspecified atom stereocenters. The summed E-state index contributed by atoms with van der Waals surface area (Å²) < 4.78 is 5.09. The smallest absolute Gasteiger partial charge is 0.158 e. The number of nitrogen functional groups attached to an aromatic ring is 1. The first-order valence-corrected chi connectivity index (χ1v) is 7.70. The molecule has 0 spiro atoms. The number of hydrogen-bond donors (Lipinski definition) is 2. The van der Waals surface area contributed by atoms with Gasteiger partial charge in [0, 0.05) is 32.2 Å². The van der Waals surface area contributed by atoms with Crippen LogP contribution in [0.15, 0.2) is 6.07 Å². The molecule has 6 heteroatoms. The Hall–Kier alpha value is -1.40. The Morgan fingerprint density at radius 1 is 1.43 bits per heavy atom. The molecule has 1 aliphatic carbocycles. The van der Waals surface area contributed by atoms with E-state index in [4.69, 9.17) is 10.5 Å². The van der Waals surface area contributed by atoms with Crippen LogP contribution in [-0.4, -0.2) is 40.9 Å². The van der Waals surface area contributed by atoms with Crippen molar-refractivity contribution in [1.82, 2.24) is 9.97 Å². The van der Waals surface area contributed by atoms with Gasteiger partial charge in [0.2, 0.25) is 0 Å². The van der Waals surface area contributed by atoms with Crippen LogP contribution in [0.1, 0.15) is 37.9 Å². The van der Waals surface area contributed by atoms with Crippen LogP contribution in [0.2, 0.25) is 0 Å². The maximum Gasteiger partial charge on any atom is 0.158 e. The van der Waals surface area contributed by atoms with Gasteiger partial charge in [-0.1, -0.05) is 12.8 Å². The summed E-state index contributed by atoms with van der Waals surface area (Å²) >= 11 is 0. The number of nitrogens with zero attached hydrogens (tertiary/aromatic N) is 3. The number of fused-ring (bicyclic) bond motifs is 1. The van der Waals surface area contributed by atoms with Gasteiger partial charge in [0.25, 0.3) is 0 Å². The van der Waals surface area contributed by atoms with E-state index in [1.165, 1.54) is 6.42 Å². The Kier molecular flexibility index (Phi) is 3.99. The molecule has 1 aromatic rings. The van der Waals surface area contributed by atoms with Crippen molar-refractivity contribution >= 4 is 11.6 Å². The lowest BCUT2D eigenvalue weighted by Gasteiger charge is -2.47. The number of piperidine rings is 1. The van der Waals surface area contributed by atoms with E-state index >= 15 is 0 Å². The van der Waals surface area contributed by atoms with Crippen molar-refractivity contribution in [3.8, 4) is 0 Å². The van der Waals surface area contributed by atoms with Gasteiger partial charge < -0.3 is 20.5 Å². The number of anilines is 2. The van der Waals surface area contributed by atoms with Crippen LogP contribution in [0.3, 0.4) is 0 Å². The minimum absolute atomic E-state index is 0.335. The second-order valence-corrected chi connectivity index (χ2v) is 6.24. The third kappa shape index (κ3) is 2.96. The molecule has 0 amide bonds. The van der Waals surface area contributed by atoms with Gasteiger partial charge in [-0.15, -0.1) is 0 Å². The second kappa shape index (κ2) is 5.77. The first-order valence-electron chi connectivity index (χ1n) is 7.70. The molecule has 6 nitrogen and oxygen atoms in total. The molecule has 3 N–H and O–H groups in total. The first-order chi connectivity index (χ1) is 10.1. The topological polar surface area (TPSA) is 84.5 Å². The van der Waals surface area contributed by atoms with E-state index in [1.807, 2.05) is 6.07 Å². The second-order valence-electron chi connectivity index (χ2n) is 6.24. The van der Waals surface area contributed by atoms with E-state index in [9.17, 15) is 5.11 Å². The van der Waals surface area contributed by atoms with Crippen LogP contribution in [0.5, 0.6) is 0 Å². The molecule has 0 radical (unpaired) electrons. The van der Waals surface area contributed by atoms with Crippen LogP contribution < -0.4 is 10.6 Å². The highest BCUT2D eigenvalue weighted by atomic mass is 16.5. The maximum atomic E-state index is 10.7. The highest BCUT2D eigenvalue weighted by molar-refractivity contribution is 5.47. The quantitative estimate of drug-likeness (QED) is 0.874. The average Bonchev–Trinajstić information content (AvgIpc) is 2.46. The lowest BCUT2D eigenvalue weighted by Crippen LogP contribution is -2.53. The fourth-order valence-corrected chi connectivity index (χ4v) is 3.64. The average molecular weight is 292 g/mol. The summed E-state index contributed by atoms with van der Waals surface area (Å²) in [6.45, 7) is 2.02. The van der Waals surface area contributed by atoms with Crippen molar-refractivity contribution < 1.29 is 9.84 Å². The zero-order chi connectivity index (χ0) is 14.9. The van der Waals surface area contributed by atoms with Crippen LogP contribution in [0.25, 0.3) is 0 Å². The predicted molar refractivity (Wildman–Crippen MR) is 80.9 cm³/mol. The number of ether oxygens (including phenoxy) is 1. The van der Waals surface area contributed by atoms with Crippen molar-refractivity contribution in [3.05, 3.63) is 11.9 Å². The largest absolute Gasteiger partial charge is 0.389 e. The molecule has 2 heterocycles. The third-order valence-electron chi connectivity index (χ3n) is 4.80. The van der Waals surface area contributed by atoms with Crippen molar-refractivity contribution in [2.24, 2.45) is 5.92 Å². The van der Waals surface area contributed by atoms with E-state index < -0.39 is 5.60 Å². The lowest BCUT2D eigenvalue weighted by molar-refractivity contribution is -0.0613. The summed E-state index contributed by atoms with van der Waals surface area (Å²) in [6, 6.07) is 1.81. The van der Waals surface area contributed by atoms with Gasteiger partial charge >= 0.3 is 0 Å². The zero-order valence-corrected chi connectivity index (χ0v) is 12.6. The maximum absolute atomic E-state index is 10.7. The molecule has 116 valence electrons. The van der Waals surface area contributed by atoms with Gasteiger partial charge in [0.05, 0.1) is 5.60 Å². The van der Waals surface area contributed by atoms with Crippen molar-refractivity contribution in [1.29, 1.82) is 0 Å². The highest BCUT2D eigenvalue weighted by Gasteiger charge is 2.43. The van der Waals surface area contributed by atoms with E-state index in [2.05, 4.69) is 14.9 Å². The van der Waals surface area contributed by atoms with Gasteiger partial charge in [-0.2, -0.15) is 0 Å². The summed E-state index contributed by atoms with van der Waals surface area (Å²) in [7, 11) is 1.62. The summed E-state index contributed by atoms with van der Waals surface area (Å²) in [6.07, 6.45) is 5.19. The fraction of sp³-hybridized carbons (Fsp3) is 0.733. The SMILES string of the molecule is COCc1nc(N)cc(N2CCC3(O)CCCCC3C2)n1. The number of nitrogens with two attached hydrogens (primary N) is 1. The molecule has 2 aliphatic rings. The van der Waals surface area contributed by atoms with Crippen molar-refractivity contribution in [2.75, 3.05) is 30.8 Å². The Labute approximate surface area is 125 Å². The minimum atomic E-state index is -0.470. The number of rotatable bonds is 3. The summed E-state index contributed by atoms with van der Waals surface area (Å²) in [4.78, 5) is 10.9. The molecule has 0 aromatic carbocycles. The van der Waals surface area contributed by atoms with Gasteiger partial charge in [-0.25, -0.2) is 9.97 Å². The van der Waals surface area contributed by atoms with Gasteiger partial charge in [-0.05, 0) is 19.3 Å². The molecular weight excluding hydrogens is 268 g/mol. The minimum Gasteiger partial charge on any atom is -0.389 e. The number of aliphatic hydroxyl groups is 1.